The summed E-state index contributed by atoms with van der Waals surface area (Å²) in [5.74, 6) is -0.853. The Kier molecular flexibility index (Phi) is 3.83. The van der Waals surface area contributed by atoms with Crippen molar-refractivity contribution in [3.05, 3.63) is 33.9 Å². The quantitative estimate of drug-likeness (QED) is 0.521. The molecule has 7 heteroatoms. The second-order valence-electron chi connectivity index (χ2n) is 2.88. The number of hydrogen-bond acceptors (Lipinski definition) is 4. The van der Waals surface area contributed by atoms with E-state index in [2.05, 4.69) is 15.9 Å². The highest BCUT2D eigenvalue weighted by atomic mass is 79.9. The molecule has 16 heavy (non-hydrogen) atoms. The molecule has 1 aromatic carbocycles. The van der Waals surface area contributed by atoms with Crippen LogP contribution in [0, 0.1) is 10.1 Å². The smallest absolute Gasteiger partial charge is 0.321 e. The summed E-state index contributed by atoms with van der Waals surface area (Å²) < 4.78 is 4.94. The first-order chi connectivity index (χ1) is 7.47. The van der Waals surface area contributed by atoms with Crippen LogP contribution in [0.15, 0.2) is 18.2 Å². The van der Waals surface area contributed by atoms with Crippen LogP contribution in [0.5, 0.6) is 5.75 Å². The molecular formula is C9H8BrNO5. The van der Waals surface area contributed by atoms with E-state index in [0.29, 0.717) is 0 Å². The van der Waals surface area contributed by atoms with Gasteiger partial charge in [-0.05, 0) is 6.07 Å². The fraction of sp³-hybridized carbons (Fsp3) is 0.222. The Bertz CT molecular complexity index is 434. The molecule has 0 aliphatic rings. The Balaban J connectivity index is 3.27. The van der Waals surface area contributed by atoms with Crippen LogP contribution in [0.4, 0.5) is 5.69 Å². The molecule has 0 saturated heterocycles. The van der Waals surface area contributed by atoms with Crippen LogP contribution in [0.25, 0.3) is 0 Å². The molecule has 1 unspecified atom stereocenters. The molecule has 0 spiro atoms. The van der Waals surface area contributed by atoms with Crippen molar-refractivity contribution in [2.24, 2.45) is 0 Å². The predicted molar refractivity (Wildman–Crippen MR) is 59.0 cm³/mol. The Hall–Kier alpha value is -1.63. The molecule has 0 fully saturated rings. The molecule has 0 aliphatic heterocycles. The number of methoxy groups -OCH3 is 1. The van der Waals surface area contributed by atoms with Gasteiger partial charge in [-0.25, -0.2) is 0 Å². The summed E-state index contributed by atoms with van der Waals surface area (Å²) in [5.41, 5.74) is 0.0331. The normalized spacial score (nSPS) is 11.9. The molecule has 0 aliphatic carbocycles. The average molecular weight is 290 g/mol. The van der Waals surface area contributed by atoms with Crippen molar-refractivity contribution in [3.8, 4) is 5.75 Å². The van der Waals surface area contributed by atoms with Crippen LogP contribution >= 0.6 is 15.9 Å². The summed E-state index contributed by atoms with van der Waals surface area (Å²) in [6, 6.07) is 3.79. The topological polar surface area (TPSA) is 89.7 Å². The molecule has 0 amide bonds. The summed E-state index contributed by atoms with van der Waals surface area (Å²) >= 11 is 2.92. The highest BCUT2D eigenvalue weighted by Gasteiger charge is 2.22. The van der Waals surface area contributed by atoms with Crippen molar-refractivity contribution in [1.29, 1.82) is 0 Å². The first kappa shape index (κ1) is 12.4. The molecule has 86 valence electrons. The number of hydrogen-bond donors (Lipinski definition) is 1. The minimum Gasteiger partial charge on any atom is -0.496 e. The Labute approximate surface area is 99.1 Å². The maximum Gasteiger partial charge on any atom is 0.321 e. The summed E-state index contributed by atoms with van der Waals surface area (Å²) in [6.45, 7) is 0. The number of rotatable bonds is 4. The highest BCUT2D eigenvalue weighted by molar-refractivity contribution is 9.09. The zero-order valence-corrected chi connectivity index (χ0v) is 9.80. The van der Waals surface area contributed by atoms with E-state index in [9.17, 15) is 14.9 Å². The lowest BCUT2D eigenvalue weighted by atomic mass is 10.1. The van der Waals surface area contributed by atoms with Crippen LogP contribution < -0.4 is 4.74 Å². The number of benzene rings is 1. The molecule has 1 aromatic rings. The summed E-state index contributed by atoms with van der Waals surface area (Å²) in [6.07, 6.45) is 0. The summed E-state index contributed by atoms with van der Waals surface area (Å²) in [4.78, 5) is 19.7. The number of nitrogens with zero attached hydrogens (tertiary/aromatic N) is 1. The van der Waals surface area contributed by atoms with Gasteiger partial charge in [-0.15, -0.1) is 0 Å². The number of aliphatic carboxylic acids is 1. The number of ether oxygens (including phenoxy) is 1. The van der Waals surface area contributed by atoms with E-state index in [-0.39, 0.29) is 17.0 Å². The predicted octanol–water partition coefficient (Wildman–Crippen LogP) is 2.12. The minimum absolute atomic E-state index is 0.179. The first-order valence-corrected chi connectivity index (χ1v) is 5.08. The fourth-order valence-electron chi connectivity index (χ4n) is 1.17. The van der Waals surface area contributed by atoms with E-state index in [1.54, 1.807) is 0 Å². The first-order valence-electron chi connectivity index (χ1n) is 4.16. The third kappa shape index (κ3) is 2.48. The minimum atomic E-state index is -1.14. The molecule has 6 nitrogen and oxygen atoms in total. The Morgan fingerprint density at radius 3 is 2.69 bits per heavy atom. The van der Waals surface area contributed by atoms with E-state index >= 15 is 0 Å². The molecule has 1 atom stereocenters. The summed E-state index contributed by atoms with van der Waals surface area (Å²) in [5, 5.41) is 19.4. The lowest BCUT2D eigenvalue weighted by Gasteiger charge is -2.10. The third-order valence-corrected chi connectivity index (χ3v) is 2.80. The zero-order valence-electron chi connectivity index (χ0n) is 8.21. The average Bonchev–Trinajstić information content (AvgIpc) is 2.26. The molecule has 1 N–H and O–H groups in total. The maximum atomic E-state index is 10.8. The van der Waals surface area contributed by atoms with Gasteiger partial charge >= 0.3 is 5.97 Å². The number of nitro groups is 1. The monoisotopic (exact) mass is 289 g/mol. The molecule has 0 bridgehead atoms. The van der Waals surface area contributed by atoms with Crippen molar-refractivity contribution in [2.75, 3.05) is 7.11 Å². The molecule has 1 rings (SSSR count). The van der Waals surface area contributed by atoms with Gasteiger partial charge in [0.25, 0.3) is 5.69 Å². The number of halogens is 1. The van der Waals surface area contributed by atoms with Crippen molar-refractivity contribution in [2.45, 2.75) is 4.83 Å². The standard InChI is InChI=1S/C9H8BrNO5/c1-16-7-3-2-5(11(14)15)4-6(7)8(10)9(12)13/h2-4,8H,1H3,(H,12,13). The van der Waals surface area contributed by atoms with Gasteiger partial charge in [-0.1, -0.05) is 15.9 Å². The Morgan fingerprint density at radius 1 is 1.62 bits per heavy atom. The van der Waals surface area contributed by atoms with Crippen molar-refractivity contribution < 1.29 is 19.6 Å². The van der Waals surface area contributed by atoms with Crippen molar-refractivity contribution in [3.63, 3.8) is 0 Å². The summed E-state index contributed by atoms with van der Waals surface area (Å²) in [7, 11) is 1.37. The van der Waals surface area contributed by atoms with Crippen LogP contribution in [0.3, 0.4) is 0 Å². The number of alkyl halides is 1. The molecule has 0 saturated carbocycles. The molecular weight excluding hydrogens is 282 g/mol. The SMILES string of the molecule is COc1ccc([N+](=O)[O-])cc1C(Br)C(=O)O. The van der Waals surface area contributed by atoms with Gasteiger partial charge < -0.3 is 9.84 Å². The van der Waals surface area contributed by atoms with E-state index in [1.807, 2.05) is 0 Å². The molecule has 0 heterocycles. The van der Waals surface area contributed by atoms with Gasteiger partial charge in [0.15, 0.2) is 0 Å². The zero-order chi connectivity index (χ0) is 12.3. The van der Waals surface area contributed by atoms with E-state index in [4.69, 9.17) is 9.84 Å². The van der Waals surface area contributed by atoms with Crippen LogP contribution in [0.2, 0.25) is 0 Å². The number of carboxylic acid groups (broad SMARTS) is 1. The van der Waals surface area contributed by atoms with E-state index in [0.717, 1.165) is 0 Å². The van der Waals surface area contributed by atoms with Crippen LogP contribution in [-0.4, -0.2) is 23.1 Å². The number of nitro benzene ring substituents is 1. The van der Waals surface area contributed by atoms with Gasteiger partial charge in [0, 0.05) is 17.7 Å². The number of carbonyl (C=O) groups is 1. The largest absolute Gasteiger partial charge is 0.496 e. The number of carboxylic acids is 1. The second kappa shape index (κ2) is 4.93. The highest BCUT2D eigenvalue weighted by Crippen LogP contribution is 2.34. The maximum absolute atomic E-state index is 10.8. The molecule has 0 aromatic heterocycles. The second-order valence-corrected chi connectivity index (χ2v) is 3.80. The van der Waals surface area contributed by atoms with E-state index < -0.39 is 15.7 Å². The van der Waals surface area contributed by atoms with E-state index in [1.165, 1.54) is 25.3 Å². The Morgan fingerprint density at radius 2 is 2.25 bits per heavy atom. The van der Waals surface area contributed by atoms with Gasteiger partial charge in [-0.2, -0.15) is 0 Å². The lowest BCUT2D eigenvalue weighted by Crippen LogP contribution is -2.06. The van der Waals surface area contributed by atoms with Gasteiger partial charge in [0.2, 0.25) is 0 Å². The third-order valence-electron chi connectivity index (χ3n) is 1.91. The van der Waals surface area contributed by atoms with Gasteiger partial charge in [-0.3, -0.25) is 14.9 Å². The fourth-order valence-corrected chi connectivity index (χ4v) is 1.52. The van der Waals surface area contributed by atoms with Crippen molar-refractivity contribution in [1.82, 2.24) is 0 Å². The number of non-ortho nitro benzene ring substituents is 1. The van der Waals surface area contributed by atoms with Crippen molar-refractivity contribution >= 4 is 27.6 Å². The molecule has 0 radical (unpaired) electrons. The van der Waals surface area contributed by atoms with Crippen LogP contribution in [-0.2, 0) is 4.79 Å². The van der Waals surface area contributed by atoms with Gasteiger partial charge in [0.05, 0.1) is 12.0 Å². The van der Waals surface area contributed by atoms with Gasteiger partial charge in [0.1, 0.15) is 10.6 Å². The lowest BCUT2D eigenvalue weighted by molar-refractivity contribution is -0.384. The van der Waals surface area contributed by atoms with Crippen LogP contribution in [0.1, 0.15) is 10.4 Å².